The molecule has 1 aromatic heterocycles. The second kappa shape index (κ2) is 8.27. The summed E-state index contributed by atoms with van der Waals surface area (Å²) < 4.78 is 11.1. The summed E-state index contributed by atoms with van der Waals surface area (Å²) in [5.74, 6) is 0.272. The van der Waals surface area contributed by atoms with Crippen molar-refractivity contribution in [2.24, 2.45) is 0 Å². The lowest BCUT2D eigenvalue weighted by molar-refractivity contribution is -0.134. The highest BCUT2D eigenvalue weighted by Crippen LogP contribution is 2.25. The molecule has 7 heteroatoms. The summed E-state index contributed by atoms with van der Waals surface area (Å²) in [7, 11) is 0. The van der Waals surface area contributed by atoms with Gasteiger partial charge in [0.05, 0.1) is 18.2 Å². The third kappa shape index (κ3) is 4.13. The average molecular weight is 414 g/mol. The third-order valence-corrected chi connectivity index (χ3v) is 5.39. The zero-order valence-corrected chi connectivity index (χ0v) is 16.4. The molecule has 1 aliphatic rings. The Morgan fingerprint density at radius 3 is 2.76 bits per heavy atom. The van der Waals surface area contributed by atoms with Gasteiger partial charge in [-0.1, -0.05) is 23.7 Å². The van der Waals surface area contributed by atoms with Crippen LogP contribution < -0.4 is 10.4 Å². The zero-order chi connectivity index (χ0) is 20.4. The van der Waals surface area contributed by atoms with Gasteiger partial charge in [0, 0.05) is 23.0 Å². The van der Waals surface area contributed by atoms with E-state index in [1.165, 1.54) is 0 Å². The number of aliphatic hydroxyl groups excluding tert-OH is 1. The fourth-order valence-corrected chi connectivity index (χ4v) is 3.72. The number of carbonyl (C=O) groups is 1. The third-order valence-electron chi connectivity index (χ3n) is 5.13. The standard InChI is InChI=1S/C22H20ClNO5/c23-16-6-3-14(4-7-16)19-10-15-5-8-18(11-20(15)29-22(19)27)28-13-21(26)24-9-1-2-17(24)12-25/h3-8,10-11,17,25H,1-2,9,12-13H2. The molecule has 2 aromatic carbocycles. The van der Waals surface area contributed by atoms with Gasteiger partial charge in [-0.15, -0.1) is 0 Å². The maximum Gasteiger partial charge on any atom is 0.344 e. The second-order valence-corrected chi connectivity index (χ2v) is 7.44. The van der Waals surface area contributed by atoms with Crippen molar-refractivity contribution in [3.05, 3.63) is 64.0 Å². The number of hydrogen-bond donors (Lipinski definition) is 1. The van der Waals surface area contributed by atoms with Crippen LogP contribution in [-0.4, -0.2) is 41.7 Å². The van der Waals surface area contributed by atoms with Crippen LogP contribution in [0, 0.1) is 0 Å². The van der Waals surface area contributed by atoms with Crippen molar-refractivity contribution in [3.8, 4) is 16.9 Å². The van der Waals surface area contributed by atoms with Crippen molar-refractivity contribution in [1.82, 2.24) is 4.90 Å². The quantitative estimate of drug-likeness (QED) is 0.648. The Labute approximate surface area is 172 Å². The average Bonchev–Trinajstić information content (AvgIpc) is 3.21. The van der Waals surface area contributed by atoms with Crippen LogP contribution in [0.2, 0.25) is 5.02 Å². The van der Waals surface area contributed by atoms with Gasteiger partial charge in [-0.25, -0.2) is 4.79 Å². The minimum absolute atomic E-state index is 0.0389. The molecule has 1 unspecified atom stereocenters. The van der Waals surface area contributed by atoms with Gasteiger partial charge in [-0.05, 0) is 48.7 Å². The lowest BCUT2D eigenvalue weighted by Gasteiger charge is -2.22. The number of benzene rings is 2. The largest absolute Gasteiger partial charge is 0.484 e. The minimum atomic E-state index is -0.462. The molecule has 0 saturated carbocycles. The smallest absolute Gasteiger partial charge is 0.344 e. The first-order valence-electron chi connectivity index (χ1n) is 9.42. The summed E-state index contributed by atoms with van der Waals surface area (Å²) in [6.45, 7) is 0.464. The van der Waals surface area contributed by atoms with Gasteiger partial charge < -0.3 is 19.2 Å². The molecular formula is C22H20ClNO5. The van der Waals surface area contributed by atoms with E-state index in [0.717, 1.165) is 23.8 Å². The normalized spacial score (nSPS) is 16.3. The van der Waals surface area contributed by atoms with Crippen LogP contribution in [0.3, 0.4) is 0 Å². The molecule has 0 aliphatic carbocycles. The van der Waals surface area contributed by atoms with E-state index in [1.807, 2.05) is 0 Å². The summed E-state index contributed by atoms with van der Waals surface area (Å²) in [5.41, 5.74) is 1.09. The number of ether oxygens (including phenoxy) is 1. The van der Waals surface area contributed by atoms with E-state index in [0.29, 0.717) is 28.5 Å². The van der Waals surface area contributed by atoms with Gasteiger partial charge >= 0.3 is 5.63 Å². The van der Waals surface area contributed by atoms with Gasteiger partial charge in [-0.2, -0.15) is 0 Å². The maximum atomic E-state index is 12.4. The number of fused-ring (bicyclic) bond motifs is 1. The van der Waals surface area contributed by atoms with Crippen molar-refractivity contribution in [2.75, 3.05) is 19.8 Å². The highest BCUT2D eigenvalue weighted by molar-refractivity contribution is 6.30. The van der Waals surface area contributed by atoms with E-state index in [2.05, 4.69) is 0 Å². The molecule has 1 amide bonds. The summed E-state index contributed by atoms with van der Waals surface area (Å²) in [6, 6.07) is 13.7. The lowest BCUT2D eigenvalue weighted by Crippen LogP contribution is -2.40. The van der Waals surface area contributed by atoms with Gasteiger partial charge in [0.25, 0.3) is 5.91 Å². The molecule has 0 radical (unpaired) electrons. The first-order chi connectivity index (χ1) is 14.0. The SMILES string of the molecule is O=C(COc1ccc2cc(-c3ccc(Cl)cc3)c(=O)oc2c1)N1CCCC1CO. The Balaban J connectivity index is 1.52. The number of halogens is 1. The number of carbonyl (C=O) groups excluding carboxylic acids is 1. The van der Waals surface area contributed by atoms with Crippen LogP contribution in [-0.2, 0) is 4.79 Å². The highest BCUT2D eigenvalue weighted by Gasteiger charge is 2.28. The van der Waals surface area contributed by atoms with Gasteiger partial charge in [0.2, 0.25) is 0 Å². The molecule has 0 bridgehead atoms. The molecular weight excluding hydrogens is 394 g/mol. The Morgan fingerprint density at radius 1 is 1.21 bits per heavy atom. The second-order valence-electron chi connectivity index (χ2n) is 7.01. The zero-order valence-electron chi connectivity index (χ0n) is 15.6. The first-order valence-corrected chi connectivity index (χ1v) is 9.80. The fourth-order valence-electron chi connectivity index (χ4n) is 3.59. The van der Waals surface area contributed by atoms with Gasteiger partial charge in [0.15, 0.2) is 6.61 Å². The predicted octanol–water partition coefficient (Wildman–Crippen LogP) is 3.48. The fraction of sp³-hybridized carbons (Fsp3) is 0.273. The van der Waals surface area contributed by atoms with E-state index < -0.39 is 5.63 Å². The molecule has 1 saturated heterocycles. The molecule has 1 atom stereocenters. The van der Waals surface area contributed by atoms with E-state index in [1.54, 1.807) is 53.4 Å². The van der Waals surface area contributed by atoms with E-state index >= 15 is 0 Å². The molecule has 29 heavy (non-hydrogen) atoms. The van der Waals surface area contributed by atoms with Crippen LogP contribution in [0.25, 0.3) is 22.1 Å². The molecule has 1 fully saturated rings. The van der Waals surface area contributed by atoms with Crippen molar-refractivity contribution in [1.29, 1.82) is 0 Å². The Bertz CT molecular complexity index is 1090. The number of aliphatic hydroxyl groups is 1. The first kappa shape index (κ1) is 19.5. The van der Waals surface area contributed by atoms with Crippen molar-refractivity contribution >= 4 is 28.5 Å². The molecule has 1 aliphatic heterocycles. The molecule has 2 heterocycles. The summed E-state index contributed by atoms with van der Waals surface area (Å²) in [4.78, 5) is 26.4. The topological polar surface area (TPSA) is 80.0 Å². The van der Waals surface area contributed by atoms with Crippen LogP contribution in [0.4, 0.5) is 0 Å². The van der Waals surface area contributed by atoms with E-state index in [4.69, 9.17) is 20.8 Å². The van der Waals surface area contributed by atoms with Gasteiger partial charge in [-0.3, -0.25) is 4.79 Å². The molecule has 4 rings (SSSR count). The van der Waals surface area contributed by atoms with E-state index in [-0.39, 0.29) is 25.2 Å². The van der Waals surface area contributed by atoms with Gasteiger partial charge in [0.1, 0.15) is 11.3 Å². The Kier molecular flexibility index (Phi) is 5.56. The van der Waals surface area contributed by atoms with E-state index in [9.17, 15) is 14.7 Å². The van der Waals surface area contributed by atoms with Crippen LogP contribution in [0.15, 0.2) is 57.7 Å². The summed E-state index contributed by atoms with van der Waals surface area (Å²) >= 11 is 5.91. The lowest BCUT2D eigenvalue weighted by atomic mass is 10.1. The highest BCUT2D eigenvalue weighted by atomic mass is 35.5. The van der Waals surface area contributed by atoms with Crippen molar-refractivity contribution in [3.63, 3.8) is 0 Å². The Morgan fingerprint density at radius 2 is 2.00 bits per heavy atom. The van der Waals surface area contributed by atoms with Crippen LogP contribution >= 0.6 is 11.6 Å². The summed E-state index contributed by atoms with van der Waals surface area (Å²) in [6.07, 6.45) is 1.69. The summed E-state index contributed by atoms with van der Waals surface area (Å²) in [5, 5.41) is 10.7. The molecule has 3 aromatic rings. The number of rotatable bonds is 5. The number of hydrogen-bond acceptors (Lipinski definition) is 5. The molecule has 150 valence electrons. The number of amides is 1. The Hall–Kier alpha value is -2.83. The van der Waals surface area contributed by atoms with Crippen molar-refractivity contribution < 1.29 is 19.1 Å². The monoisotopic (exact) mass is 413 g/mol. The number of likely N-dealkylation sites (tertiary alicyclic amines) is 1. The maximum absolute atomic E-state index is 12.4. The molecule has 6 nitrogen and oxygen atoms in total. The van der Waals surface area contributed by atoms with Crippen molar-refractivity contribution in [2.45, 2.75) is 18.9 Å². The molecule has 1 N–H and O–H groups in total. The van der Waals surface area contributed by atoms with Crippen LogP contribution in [0.5, 0.6) is 5.75 Å². The predicted molar refractivity (Wildman–Crippen MR) is 110 cm³/mol. The molecule has 0 spiro atoms. The number of nitrogens with zero attached hydrogens (tertiary/aromatic N) is 1. The van der Waals surface area contributed by atoms with Crippen LogP contribution in [0.1, 0.15) is 12.8 Å². The minimum Gasteiger partial charge on any atom is -0.484 e.